The van der Waals surface area contributed by atoms with Crippen LogP contribution in [-0.4, -0.2) is 5.78 Å². The summed E-state index contributed by atoms with van der Waals surface area (Å²) in [5.74, 6) is 0.161. The zero-order chi connectivity index (χ0) is 12.4. The number of hydrogen-bond donors (Lipinski definition) is 0. The van der Waals surface area contributed by atoms with E-state index in [0.717, 1.165) is 10.4 Å². The maximum atomic E-state index is 12.1. The molecule has 2 rings (SSSR count). The van der Waals surface area contributed by atoms with Crippen molar-refractivity contribution in [2.24, 2.45) is 0 Å². The van der Waals surface area contributed by atoms with E-state index in [0.29, 0.717) is 11.4 Å². The Bertz CT molecular complexity index is 538. The molecule has 17 heavy (non-hydrogen) atoms. The molecule has 0 saturated heterocycles. The zero-order valence-electron chi connectivity index (χ0n) is 9.79. The van der Waals surface area contributed by atoms with Gasteiger partial charge in [-0.05, 0) is 43.2 Å². The molecule has 0 bridgehead atoms. The number of benzene rings is 1. The van der Waals surface area contributed by atoms with Crippen molar-refractivity contribution in [1.82, 2.24) is 0 Å². The van der Waals surface area contributed by atoms with Crippen LogP contribution >= 0.6 is 22.9 Å². The fourth-order valence-electron chi connectivity index (χ4n) is 1.63. The topological polar surface area (TPSA) is 17.1 Å². The lowest BCUT2D eigenvalue weighted by Crippen LogP contribution is -2.00. The summed E-state index contributed by atoms with van der Waals surface area (Å²) in [6, 6.07) is 9.42. The Balaban J connectivity index is 2.17. The molecule has 1 aromatic heterocycles. The summed E-state index contributed by atoms with van der Waals surface area (Å²) in [6.07, 6.45) is 0.417. The molecule has 0 aliphatic heterocycles. The molecule has 0 unspecified atom stereocenters. The maximum Gasteiger partial charge on any atom is 0.177 e. The summed E-state index contributed by atoms with van der Waals surface area (Å²) >= 11 is 7.46. The van der Waals surface area contributed by atoms with Gasteiger partial charge in [-0.1, -0.05) is 23.7 Å². The van der Waals surface area contributed by atoms with Crippen molar-refractivity contribution in [3.63, 3.8) is 0 Å². The van der Waals surface area contributed by atoms with Gasteiger partial charge in [-0.25, -0.2) is 0 Å². The number of ketones is 1. The van der Waals surface area contributed by atoms with E-state index in [1.54, 1.807) is 11.3 Å². The number of carbonyl (C=O) groups is 1. The summed E-state index contributed by atoms with van der Waals surface area (Å²) in [4.78, 5) is 14.1. The van der Waals surface area contributed by atoms with Crippen LogP contribution in [0, 0.1) is 13.8 Å². The Morgan fingerprint density at radius 2 is 2.06 bits per heavy atom. The molecule has 88 valence electrons. The minimum absolute atomic E-state index is 0.161. The predicted octanol–water partition coefficient (Wildman–Crippen LogP) is 4.44. The van der Waals surface area contributed by atoms with Crippen molar-refractivity contribution in [2.75, 3.05) is 0 Å². The predicted molar refractivity (Wildman–Crippen MR) is 73.3 cm³/mol. The number of rotatable bonds is 3. The van der Waals surface area contributed by atoms with Gasteiger partial charge in [0, 0.05) is 16.3 Å². The highest BCUT2D eigenvalue weighted by Crippen LogP contribution is 2.22. The third kappa shape index (κ3) is 2.96. The van der Waals surface area contributed by atoms with Crippen LogP contribution in [0.15, 0.2) is 30.3 Å². The molecule has 0 aliphatic rings. The number of hydrogen-bond acceptors (Lipinski definition) is 2. The van der Waals surface area contributed by atoms with Crippen molar-refractivity contribution < 1.29 is 4.79 Å². The van der Waals surface area contributed by atoms with Crippen molar-refractivity contribution in [3.8, 4) is 0 Å². The minimum Gasteiger partial charge on any atom is -0.293 e. The smallest absolute Gasteiger partial charge is 0.177 e. The van der Waals surface area contributed by atoms with Gasteiger partial charge in [-0.2, -0.15) is 0 Å². The summed E-state index contributed by atoms with van der Waals surface area (Å²) in [5.41, 5.74) is 2.15. The highest BCUT2D eigenvalue weighted by atomic mass is 35.5. The van der Waals surface area contributed by atoms with Crippen molar-refractivity contribution in [1.29, 1.82) is 0 Å². The number of thiophene rings is 1. The number of carbonyl (C=O) groups excluding carboxylic acids is 1. The van der Waals surface area contributed by atoms with Gasteiger partial charge in [0.25, 0.3) is 0 Å². The fourth-order valence-corrected chi connectivity index (χ4v) is 2.81. The summed E-state index contributed by atoms with van der Waals surface area (Å²) in [5, 5.41) is 0.675. The lowest BCUT2D eigenvalue weighted by Gasteiger charge is -1.99. The van der Waals surface area contributed by atoms with E-state index >= 15 is 0 Å². The molecule has 1 heterocycles. The Morgan fingerprint density at radius 1 is 1.29 bits per heavy atom. The van der Waals surface area contributed by atoms with Gasteiger partial charge in [-0.3, -0.25) is 4.79 Å². The molecule has 2 aromatic rings. The Labute approximate surface area is 110 Å². The highest BCUT2D eigenvalue weighted by molar-refractivity contribution is 7.14. The molecule has 1 nitrogen and oxygen atoms in total. The largest absolute Gasteiger partial charge is 0.293 e. The van der Waals surface area contributed by atoms with Gasteiger partial charge in [-0.15, -0.1) is 11.3 Å². The molecular weight excluding hydrogens is 252 g/mol. The number of halogens is 1. The summed E-state index contributed by atoms with van der Waals surface area (Å²) in [7, 11) is 0. The molecule has 0 spiro atoms. The molecule has 0 saturated carbocycles. The van der Waals surface area contributed by atoms with Gasteiger partial charge in [0.15, 0.2) is 5.78 Å². The van der Waals surface area contributed by atoms with Gasteiger partial charge in [0.1, 0.15) is 0 Å². The second-order valence-corrected chi connectivity index (χ2v) is 5.77. The molecule has 0 fully saturated rings. The number of aryl methyl sites for hydroxylation is 2. The first-order chi connectivity index (χ1) is 8.06. The normalized spacial score (nSPS) is 10.5. The molecule has 0 N–H and O–H groups in total. The lowest BCUT2D eigenvalue weighted by molar-refractivity contribution is 0.0997. The van der Waals surface area contributed by atoms with Crippen molar-refractivity contribution >= 4 is 28.7 Å². The molecule has 0 radical (unpaired) electrons. The van der Waals surface area contributed by atoms with Gasteiger partial charge in [0.2, 0.25) is 0 Å². The van der Waals surface area contributed by atoms with Crippen LogP contribution in [0.5, 0.6) is 0 Å². The van der Waals surface area contributed by atoms with Crippen LogP contribution in [0.2, 0.25) is 5.02 Å². The molecule has 1 aromatic carbocycles. The van der Waals surface area contributed by atoms with E-state index in [4.69, 9.17) is 11.6 Å². The first kappa shape index (κ1) is 12.3. The first-order valence-corrected chi connectivity index (χ1v) is 6.60. The van der Waals surface area contributed by atoms with Crippen molar-refractivity contribution in [3.05, 3.63) is 56.2 Å². The average Bonchev–Trinajstić information content (AvgIpc) is 2.59. The van der Waals surface area contributed by atoms with Gasteiger partial charge >= 0.3 is 0 Å². The summed E-state index contributed by atoms with van der Waals surface area (Å²) < 4.78 is 0. The second kappa shape index (κ2) is 5.03. The quantitative estimate of drug-likeness (QED) is 0.749. The highest BCUT2D eigenvalue weighted by Gasteiger charge is 2.11. The summed E-state index contributed by atoms with van der Waals surface area (Å²) in [6.45, 7) is 4.07. The van der Waals surface area contributed by atoms with Crippen LogP contribution in [0.1, 0.15) is 25.7 Å². The SMILES string of the molecule is Cc1cc(C(=O)Cc2cccc(Cl)c2)sc1C. The molecule has 3 heteroatoms. The Morgan fingerprint density at radius 3 is 2.65 bits per heavy atom. The van der Waals surface area contributed by atoms with E-state index in [-0.39, 0.29) is 5.78 Å². The number of Topliss-reactive ketones (excluding diaryl/α,β-unsaturated/α-hetero) is 1. The molecule has 0 amide bonds. The van der Waals surface area contributed by atoms with E-state index in [9.17, 15) is 4.79 Å². The fraction of sp³-hybridized carbons (Fsp3) is 0.214. The lowest BCUT2D eigenvalue weighted by atomic mass is 10.1. The Kier molecular flexibility index (Phi) is 3.65. The Hall–Kier alpha value is -1.12. The van der Waals surface area contributed by atoms with Crippen LogP contribution in [0.3, 0.4) is 0 Å². The third-order valence-electron chi connectivity index (χ3n) is 2.69. The standard InChI is InChI=1S/C14H13ClOS/c1-9-6-14(17-10(9)2)13(16)8-11-4-3-5-12(15)7-11/h3-7H,8H2,1-2H3. The van der Waals surface area contributed by atoms with Gasteiger partial charge in [0.05, 0.1) is 4.88 Å². The molecule has 0 aliphatic carbocycles. The van der Waals surface area contributed by atoms with Crippen LogP contribution in [0.4, 0.5) is 0 Å². The third-order valence-corrected chi connectivity index (χ3v) is 4.12. The van der Waals surface area contributed by atoms with Crippen LogP contribution in [-0.2, 0) is 6.42 Å². The van der Waals surface area contributed by atoms with E-state index in [1.165, 1.54) is 10.4 Å². The zero-order valence-corrected chi connectivity index (χ0v) is 11.4. The minimum atomic E-state index is 0.161. The first-order valence-electron chi connectivity index (χ1n) is 5.41. The molecular formula is C14H13ClOS. The van der Waals surface area contributed by atoms with Crippen LogP contribution in [0.25, 0.3) is 0 Å². The second-order valence-electron chi connectivity index (χ2n) is 4.08. The van der Waals surface area contributed by atoms with Crippen molar-refractivity contribution in [2.45, 2.75) is 20.3 Å². The van der Waals surface area contributed by atoms with E-state index in [1.807, 2.05) is 44.2 Å². The van der Waals surface area contributed by atoms with E-state index in [2.05, 4.69) is 0 Å². The maximum absolute atomic E-state index is 12.1. The monoisotopic (exact) mass is 264 g/mol. The van der Waals surface area contributed by atoms with E-state index < -0.39 is 0 Å². The van der Waals surface area contributed by atoms with Crippen LogP contribution < -0.4 is 0 Å². The average molecular weight is 265 g/mol. The molecule has 0 atom stereocenters. The van der Waals surface area contributed by atoms with Gasteiger partial charge < -0.3 is 0 Å².